The van der Waals surface area contributed by atoms with E-state index < -0.39 is 0 Å². The Kier molecular flexibility index (Phi) is 5.86. The molecular weight excluding hydrogens is 354 g/mol. The normalized spacial score (nSPS) is 10.5. The fourth-order valence-electron chi connectivity index (χ4n) is 2.22. The number of benzene rings is 2. The second-order valence-electron chi connectivity index (χ2n) is 5.72. The van der Waals surface area contributed by atoms with E-state index in [0.29, 0.717) is 35.5 Å². The number of nitrogens with one attached hydrogen (secondary N) is 1. The number of halogens is 1. The Hall–Kier alpha value is -2.86. The van der Waals surface area contributed by atoms with Crippen molar-refractivity contribution >= 4 is 17.5 Å². The van der Waals surface area contributed by atoms with E-state index in [1.54, 1.807) is 12.1 Å². The average Bonchev–Trinajstić information content (AvgIpc) is 3.11. The second-order valence-corrected chi connectivity index (χ2v) is 6.16. The predicted molar refractivity (Wildman–Crippen MR) is 98.1 cm³/mol. The summed E-state index contributed by atoms with van der Waals surface area (Å²) in [4.78, 5) is 16.1. The molecule has 3 aromatic rings. The van der Waals surface area contributed by atoms with Crippen LogP contribution in [0.15, 0.2) is 53.1 Å². The fraction of sp³-hybridized carbons (Fsp3) is 0.211. The number of ether oxygens (including phenoxy) is 1. The molecule has 1 N–H and O–H groups in total. The van der Waals surface area contributed by atoms with Gasteiger partial charge in [-0.15, -0.1) is 0 Å². The van der Waals surface area contributed by atoms with Crippen LogP contribution in [-0.2, 0) is 11.2 Å². The molecule has 0 saturated heterocycles. The number of nitrogens with zero attached hydrogens (tertiary/aromatic N) is 2. The lowest BCUT2D eigenvalue weighted by Gasteiger charge is -2.06. The van der Waals surface area contributed by atoms with Crippen LogP contribution in [0.25, 0.3) is 11.4 Å². The van der Waals surface area contributed by atoms with Crippen LogP contribution in [0.1, 0.15) is 11.5 Å². The number of amides is 1. The molecule has 3 rings (SSSR count). The Balaban J connectivity index is 1.42. The number of hydrogen-bond donors (Lipinski definition) is 1. The zero-order valence-electron chi connectivity index (χ0n) is 14.2. The number of aryl methyl sites for hydroxylation is 1. The van der Waals surface area contributed by atoms with Crippen LogP contribution in [0.5, 0.6) is 5.75 Å². The van der Waals surface area contributed by atoms with E-state index in [-0.39, 0.29) is 12.5 Å². The highest BCUT2D eigenvalue weighted by Gasteiger charge is 2.09. The Morgan fingerprint density at radius 1 is 1.15 bits per heavy atom. The lowest BCUT2D eigenvalue weighted by molar-refractivity contribution is -0.123. The highest BCUT2D eigenvalue weighted by Crippen LogP contribution is 2.18. The van der Waals surface area contributed by atoms with Gasteiger partial charge in [-0.3, -0.25) is 4.79 Å². The first-order chi connectivity index (χ1) is 12.6. The molecule has 1 heterocycles. The summed E-state index contributed by atoms with van der Waals surface area (Å²) >= 11 is 5.86. The van der Waals surface area contributed by atoms with Crippen molar-refractivity contribution in [3.05, 3.63) is 65.0 Å². The third kappa shape index (κ3) is 5.07. The molecule has 0 spiro atoms. The molecule has 0 atom stereocenters. The molecule has 0 unspecified atom stereocenters. The average molecular weight is 372 g/mol. The Morgan fingerprint density at radius 3 is 2.62 bits per heavy atom. The van der Waals surface area contributed by atoms with Gasteiger partial charge in [0.15, 0.2) is 6.61 Å². The summed E-state index contributed by atoms with van der Waals surface area (Å²) in [5.74, 6) is 1.40. The van der Waals surface area contributed by atoms with E-state index in [4.69, 9.17) is 20.9 Å². The van der Waals surface area contributed by atoms with Gasteiger partial charge in [-0.25, -0.2) is 0 Å². The van der Waals surface area contributed by atoms with E-state index >= 15 is 0 Å². The zero-order valence-corrected chi connectivity index (χ0v) is 15.0. The molecule has 0 aliphatic carbocycles. The van der Waals surface area contributed by atoms with Crippen molar-refractivity contribution in [1.29, 1.82) is 0 Å². The lowest BCUT2D eigenvalue weighted by atomic mass is 10.2. The van der Waals surface area contributed by atoms with Crippen LogP contribution in [-0.4, -0.2) is 29.2 Å². The van der Waals surface area contributed by atoms with E-state index in [1.165, 1.54) is 0 Å². The molecule has 1 aromatic heterocycles. The van der Waals surface area contributed by atoms with Crippen molar-refractivity contribution in [2.45, 2.75) is 13.3 Å². The molecule has 0 aliphatic rings. The zero-order chi connectivity index (χ0) is 18.4. The second kappa shape index (κ2) is 8.49. The van der Waals surface area contributed by atoms with Crippen molar-refractivity contribution < 1.29 is 14.1 Å². The van der Waals surface area contributed by atoms with Crippen molar-refractivity contribution in [2.75, 3.05) is 13.2 Å². The Morgan fingerprint density at radius 2 is 1.88 bits per heavy atom. The van der Waals surface area contributed by atoms with Gasteiger partial charge in [-0.05, 0) is 43.3 Å². The van der Waals surface area contributed by atoms with Gasteiger partial charge >= 0.3 is 0 Å². The fourth-order valence-corrected chi connectivity index (χ4v) is 2.34. The largest absolute Gasteiger partial charge is 0.484 e. The van der Waals surface area contributed by atoms with Gasteiger partial charge in [0.2, 0.25) is 11.7 Å². The summed E-state index contributed by atoms with van der Waals surface area (Å²) in [6.07, 6.45) is 0.441. The SMILES string of the molecule is Cc1ccc(OCC(=O)NCCc2nc(-c3ccc(Cl)cc3)no2)cc1. The summed E-state index contributed by atoms with van der Waals surface area (Å²) < 4.78 is 10.6. The van der Waals surface area contributed by atoms with Crippen molar-refractivity contribution in [3.8, 4) is 17.1 Å². The molecule has 0 radical (unpaired) electrons. The van der Waals surface area contributed by atoms with E-state index in [9.17, 15) is 4.79 Å². The van der Waals surface area contributed by atoms with Crippen molar-refractivity contribution in [3.63, 3.8) is 0 Å². The summed E-state index contributed by atoms with van der Waals surface area (Å²) in [5.41, 5.74) is 1.96. The van der Waals surface area contributed by atoms with Gasteiger partial charge < -0.3 is 14.6 Å². The Bertz CT molecular complexity index is 860. The minimum atomic E-state index is -0.206. The standard InChI is InChI=1S/C19H18ClN3O3/c1-13-2-8-16(9-3-13)25-12-17(24)21-11-10-18-22-19(23-26-18)14-4-6-15(20)7-5-14/h2-9H,10-12H2,1H3,(H,21,24). The van der Waals surface area contributed by atoms with Gasteiger partial charge in [-0.1, -0.05) is 34.5 Å². The summed E-state index contributed by atoms with van der Waals surface area (Å²) in [7, 11) is 0. The smallest absolute Gasteiger partial charge is 0.257 e. The van der Waals surface area contributed by atoms with Crippen molar-refractivity contribution in [2.24, 2.45) is 0 Å². The molecule has 0 aliphatic heterocycles. The topological polar surface area (TPSA) is 77.2 Å². The molecule has 2 aromatic carbocycles. The highest BCUT2D eigenvalue weighted by molar-refractivity contribution is 6.30. The first kappa shape index (κ1) is 17.9. The minimum Gasteiger partial charge on any atom is -0.484 e. The molecule has 0 saturated carbocycles. The Labute approximate surface area is 156 Å². The first-order valence-corrected chi connectivity index (χ1v) is 8.52. The summed E-state index contributed by atoms with van der Waals surface area (Å²) in [6, 6.07) is 14.7. The molecular formula is C19H18ClN3O3. The van der Waals surface area contributed by atoms with Crippen LogP contribution in [0.4, 0.5) is 0 Å². The molecule has 7 heteroatoms. The predicted octanol–water partition coefficient (Wildman–Crippen LogP) is 3.44. The van der Waals surface area contributed by atoms with Gasteiger partial charge in [0, 0.05) is 23.6 Å². The monoisotopic (exact) mass is 371 g/mol. The number of carbonyl (C=O) groups is 1. The molecule has 0 bridgehead atoms. The third-order valence-electron chi connectivity index (χ3n) is 3.62. The maximum Gasteiger partial charge on any atom is 0.257 e. The summed E-state index contributed by atoms with van der Waals surface area (Å²) in [5, 5.41) is 7.34. The quantitative estimate of drug-likeness (QED) is 0.688. The third-order valence-corrected chi connectivity index (χ3v) is 3.87. The van der Waals surface area contributed by atoms with Crippen LogP contribution >= 0.6 is 11.6 Å². The molecule has 0 fully saturated rings. The molecule has 134 valence electrons. The number of carbonyl (C=O) groups excluding carboxylic acids is 1. The van der Waals surface area contributed by atoms with Crippen LogP contribution in [0.2, 0.25) is 5.02 Å². The van der Waals surface area contributed by atoms with E-state index in [2.05, 4.69) is 15.5 Å². The van der Waals surface area contributed by atoms with Gasteiger partial charge in [0.1, 0.15) is 5.75 Å². The number of hydrogen-bond acceptors (Lipinski definition) is 5. The van der Waals surface area contributed by atoms with Crippen LogP contribution < -0.4 is 10.1 Å². The van der Waals surface area contributed by atoms with Gasteiger partial charge in [0.05, 0.1) is 0 Å². The maximum absolute atomic E-state index is 11.8. The first-order valence-electron chi connectivity index (χ1n) is 8.15. The minimum absolute atomic E-state index is 0.0388. The van der Waals surface area contributed by atoms with Crippen LogP contribution in [0, 0.1) is 6.92 Å². The lowest BCUT2D eigenvalue weighted by Crippen LogP contribution is -2.30. The van der Waals surface area contributed by atoms with E-state index in [1.807, 2.05) is 43.3 Å². The van der Waals surface area contributed by atoms with Gasteiger partial charge in [-0.2, -0.15) is 4.98 Å². The van der Waals surface area contributed by atoms with Gasteiger partial charge in [0.25, 0.3) is 5.91 Å². The maximum atomic E-state index is 11.8. The number of aromatic nitrogens is 2. The molecule has 26 heavy (non-hydrogen) atoms. The summed E-state index contributed by atoms with van der Waals surface area (Å²) in [6.45, 7) is 2.34. The highest BCUT2D eigenvalue weighted by atomic mass is 35.5. The number of rotatable bonds is 7. The van der Waals surface area contributed by atoms with Crippen LogP contribution in [0.3, 0.4) is 0 Å². The molecule has 6 nitrogen and oxygen atoms in total. The van der Waals surface area contributed by atoms with E-state index in [0.717, 1.165) is 11.1 Å². The van der Waals surface area contributed by atoms with Crippen molar-refractivity contribution in [1.82, 2.24) is 15.5 Å². The molecule has 1 amide bonds.